The molecule has 1 heterocycles. The lowest BCUT2D eigenvalue weighted by atomic mass is 10.2. The Morgan fingerprint density at radius 1 is 1.57 bits per heavy atom. The summed E-state index contributed by atoms with van der Waals surface area (Å²) in [6.07, 6.45) is 4.79. The molecule has 0 bridgehead atoms. The second-order valence-electron chi connectivity index (χ2n) is 4.51. The van der Waals surface area contributed by atoms with Gasteiger partial charge in [0.2, 0.25) is 0 Å². The van der Waals surface area contributed by atoms with Crippen LogP contribution in [0, 0.1) is 0 Å². The molecule has 1 aliphatic rings. The molecule has 0 radical (unpaired) electrons. The van der Waals surface area contributed by atoms with Crippen molar-refractivity contribution in [3.05, 3.63) is 0 Å². The van der Waals surface area contributed by atoms with Gasteiger partial charge in [0.05, 0.1) is 0 Å². The van der Waals surface area contributed by atoms with Crippen molar-refractivity contribution in [2.75, 3.05) is 26.4 Å². The lowest BCUT2D eigenvalue weighted by Crippen LogP contribution is -2.33. The van der Waals surface area contributed by atoms with E-state index in [0.29, 0.717) is 0 Å². The lowest BCUT2D eigenvalue weighted by molar-refractivity contribution is 0.326. The molecular formula is C11H24N2S. The molecule has 1 N–H and O–H groups in total. The molecule has 0 amide bonds. The molecule has 1 fully saturated rings. The van der Waals surface area contributed by atoms with Crippen molar-refractivity contribution in [2.24, 2.45) is 0 Å². The van der Waals surface area contributed by atoms with Crippen molar-refractivity contribution in [2.45, 2.75) is 44.0 Å². The highest BCUT2D eigenvalue weighted by Crippen LogP contribution is 2.15. The van der Waals surface area contributed by atoms with E-state index in [9.17, 15) is 0 Å². The first-order chi connectivity index (χ1) is 6.63. The van der Waals surface area contributed by atoms with Gasteiger partial charge < -0.3 is 10.2 Å². The van der Waals surface area contributed by atoms with Crippen LogP contribution in [-0.4, -0.2) is 48.6 Å². The second kappa shape index (κ2) is 5.99. The normalized spacial score (nSPS) is 30.9. The van der Waals surface area contributed by atoms with Gasteiger partial charge in [-0.25, -0.2) is 0 Å². The first kappa shape index (κ1) is 12.3. The van der Waals surface area contributed by atoms with Crippen LogP contribution in [0.25, 0.3) is 0 Å². The molecular weight excluding hydrogens is 192 g/mol. The van der Waals surface area contributed by atoms with Crippen LogP contribution in [0.15, 0.2) is 0 Å². The Morgan fingerprint density at radius 3 is 2.79 bits per heavy atom. The number of likely N-dealkylation sites (N-methyl/N-ethyl adjacent to an activating group) is 1. The van der Waals surface area contributed by atoms with Gasteiger partial charge >= 0.3 is 0 Å². The molecule has 3 unspecified atom stereocenters. The highest BCUT2D eigenvalue weighted by molar-refractivity contribution is 7.99. The first-order valence-electron chi connectivity index (χ1n) is 5.60. The van der Waals surface area contributed by atoms with E-state index in [0.717, 1.165) is 17.3 Å². The molecule has 0 saturated carbocycles. The zero-order valence-electron chi connectivity index (χ0n) is 9.92. The van der Waals surface area contributed by atoms with E-state index in [1.165, 1.54) is 25.9 Å². The topological polar surface area (TPSA) is 15.3 Å². The van der Waals surface area contributed by atoms with E-state index >= 15 is 0 Å². The molecule has 14 heavy (non-hydrogen) atoms. The summed E-state index contributed by atoms with van der Waals surface area (Å²) < 4.78 is 0. The zero-order valence-corrected chi connectivity index (χ0v) is 10.7. The molecule has 0 aromatic rings. The summed E-state index contributed by atoms with van der Waals surface area (Å²) in [7, 11) is 2.22. The van der Waals surface area contributed by atoms with Gasteiger partial charge in [0.1, 0.15) is 0 Å². The van der Waals surface area contributed by atoms with Crippen molar-refractivity contribution in [3.63, 3.8) is 0 Å². The van der Waals surface area contributed by atoms with Gasteiger partial charge in [-0.2, -0.15) is 11.8 Å². The number of nitrogens with one attached hydrogen (secondary N) is 1. The number of nitrogens with zero attached hydrogens (tertiary/aromatic N) is 1. The molecule has 3 atom stereocenters. The Balaban J connectivity index is 2.08. The summed E-state index contributed by atoms with van der Waals surface area (Å²) in [5.74, 6) is 0. The molecule has 3 heteroatoms. The summed E-state index contributed by atoms with van der Waals surface area (Å²) >= 11 is 1.96. The number of rotatable bonds is 5. The third-order valence-electron chi connectivity index (χ3n) is 3.27. The van der Waals surface area contributed by atoms with Crippen LogP contribution in [0.1, 0.15) is 26.7 Å². The summed E-state index contributed by atoms with van der Waals surface area (Å²) in [5.41, 5.74) is 0. The van der Waals surface area contributed by atoms with E-state index in [1.807, 2.05) is 11.8 Å². The van der Waals surface area contributed by atoms with Gasteiger partial charge in [-0.3, -0.25) is 0 Å². The Bertz CT molecular complexity index is 153. The number of hydrogen-bond donors (Lipinski definition) is 1. The van der Waals surface area contributed by atoms with E-state index in [1.54, 1.807) is 0 Å². The molecule has 1 saturated heterocycles. The van der Waals surface area contributed by atoms with Crippen LogP contribution >= 0.6 is 11.8 Å². The van der Waals surface area contributed by atoms with E-state index in [2.05, 4.69) is 37.4 Å². The van der Waals surface area contributed by atoms with Gasteiger partial charge in [0.15, 0.2) is 0 Å². The number of thioether (sulfide) groups is 1. The van der Waals surface area contributed by atoms with Crippen LogP contribution in [0.4, 0.5) is 0 Å². The Kier molecular flexibility index (Phi) is 5.28. The van der Waals surface area contributed by atoms with Crippen LogP contribution in [0.5, 0.6) is 0 Å². The highest BCUT2D eigenvalue weighted by Gasteiger charge is 2.25. The first-order valence-corrected chi connectivity index (χ1v) is 6.88. The van der Waals surface area contributed by atoms with Crippen molar-refractivity contribution in [3.8, 4) is 0 Å². The van der Waals surface area contributed by atoms with E-state index < -0.39 is 0 Å². The van der Waals surface area contributed by atoms with Gasteiger partial charge in [-0.1, -0.05) is 6.92 Å². The SMILES string of the molecule is CSC(C)CCNC1CC(C)N(C)C1. The third kappa shape index (κ3) is 3.79. The Hall–Kier alpha value is 0.270. The van der Waals surface area contributed by atoms with E-state index in [-0.39, 0.29) is 0 Å². The summed E-state index contributed by atoms with van der Waals surface area (Å²) in [5, 5.41) is 4.44. The lowest BCUT2D eigenvalue weighted by Gasteiger charge is -2.14. The maximum atomic E-state index is 3.65. The molecule has 0 aliphatic carbocycles. The standard InChI is InChI=1S/C11H24N2S/c1-9-7-11(8-13(9)3)12-6-5-10(2)14-4/h9-12H,5-8H2,1-4H3. The van der Waals surface area contributed by atoms with Crippen molar-refractivity contribution in [1.82, 2.24) is 10.2 Å². The monoisotopic (exact) mass is 216 g/mol. The average Bonchev–Trinajstić information content (AvgIpc) is 2.46. The zero-order chi connectivity index (χ0) is 10.6. The minimum atomic E-state index is 0.726. The Labute approximate surface area is 92.8 Å². The van der Waals surface area contributed by atoms with Gasteiger partial charge in [-0.05, 0) is 39.6 Å². The van der Waals surface area contributed by atoms with Crippen LogP contribution in [-0.2, 0) is 0 Å². The van der Waals surface area contributed by atoms with Crippen molar-refractivity contribution in [1.29, 1.82) is 0 Å². The van der Waals surface area contributed by atoms with Gasteiger partial charge in [-0.15, -0.1) is 0 Å². The maximum absolute atomic E-state index is 3.65. The van der Waals surface area contributed by atoms with Crippen molar-refractivity contribution < 1.29 is 0 Å². The van der Waals surface area contributed by atoms with Crippen molar-refractivity contribution >= 4 is 11.8 Å². The smallest absolute Gasteiger partial charge is 0.0209 e. The fraction of sp³-hybridized carbons (Fsp3) is 1.00. The maximum Gasteiger partial charge on any atom is 0.0209 e. The summed E-state index contributed by atoms with van der Waals surface area (Å²) in [6.45, 7) is 7.00. The largest absolute Gasteiger partial charge is 0.313 e. The third-order valence-corrected chi connectivity index (χ3v) is 4.31. The second-order valence-corrected chi connectivity index (χ2v) is 5.79. The predicted molar refractivity (Wildman–Crippen MR) is 66.1 cm³/mol. The van der Waals surface area contributed by atoms with Crippen LogP contribution in [0.2, 0.25) is 0 Å². The number of likely N-dealkylation sites (tertiary alicyclic amines) is 1. The minimum Gasteiger partial charge on any atom is -0.313 e. The molecule has 84 valence electrons. The quantitative estimate of drug-likeness (QED) is 0.754. The fourth-order valence-electron chi connectivity index (χ4n) is 1.95. The molecule has 1 aliphatic heterocycles. The summed E-state index contributed by atoms with van der Waals surface area (Å²) in [4.78, 5) is 2.44. The van der Waals surface area contributed by atoms with Gasteiger partial charge in [0, 0.05) is 23.9 Å². The summed E-state index contributed by atoms with van der Waals surface area (Å²) in [6, 6.07) is 1.48. The van der Waals surface area contributed by atoms with Gasteiger partial charge in [0.25, 0.3) is 0 Å². The fourth-order valence-corrected chi connectivity index (χ4v) is 2.30. The number of hydrogen-bond acceptors (Lipinski definition) is 3. The van der Waals surface area contributed by atoms with Crippen LogP contribution in [0.3, 0.4) is 0 Å². The molecule has 0 aromatic heterocycles. The molecule has 1 rings (SSSR count). The Morgan fingerprint density at radius 2 is 2.29 bits per heavy atom. The highest BCUT2D eigenvalue weighted by atomic mass is 32.2. The predicted octanol–water partition coefficient (Wildman–Crippen LogP) is 1.81. The average molecular weight is 216 g/mol. The van der Waals surface area contributed by atoms with Crippen LogP contribution < -0.4 is 5.32 Å². The molecule has 0 spiro atoms. The minimum absolute atomic E-state index is 0.726. The molecule has 0 aromatic carbocycles. The molecule has 2 nitrogen and oxygen atoms in total. The van der Waals surface area contributed by atoms with E-state index in [4.69, 9.17) is 0 Å².